The molecule has 29 heavy (non-hydrogen) atoms. The number of H-pyrrole nitrogens is 1. The molecule has 2 N–H and O–H groups in total. The molecular weight excluding hydrogens is 384 g/mol. The summed E-state index contributed by atoms with van der Waals surface area (Å²) in [5.41, 5.74) is 3.05. The fourth-order valence-corrected chi connectivity index (χ4v) is 4.50. The number of hydrogen-bond acceptors (Lipinski definition) is 3. The summed E-state index contributed by atoms with van der Waals surface area (Å²) in [6.07, 6.45) is 4.90. The quantitative estimate of drug-likeness (QED) is 0.298. The summed E-state index contributed by atoms with van der Waals surface area (Å²) >= 11 is 0. The number of nitrogens with one attached hydrogen (secondary N) is 2. The highest BCUT2D eigenvalue weighted by molar-refractivity contribution is 8.03. The van der Waals surface area contributed by atoms with Crippen LogP contribution in [-0.2, 0) is 14.3 Å². The van der Waals surface area contributed by atoms with Gasteiger partial charge in [-0.2, -0.15) is 5.26 Å². The molecule has 2 heterocycles. The summed E-state index contributed by atoms with van der Waals surface area (Å²) in [7, 11) is -2.50. The van der Waals surface area contributed by atoms with Crippen molar-refractivity contribution in [1.29, 1.82) is 5.26 Å². The van der Waals surface area contributed by atoms with Gasteiger partial charge in [0.05, 0.1) is 6.57 Å². The van der Waals surface area contributed by atoms with E-state index < -0.39 is 15.4 Å². The average Bonchev–Trinajstić information content (AvgIpc) is 3.25. The van der Waals surface area contributed by atoms with Gasteiger partial charge in [0.2, 0.25) is 0 Å². The van der Waals surface area contributed by atoms with Gasteiger partial charge < -0.3 is 10.3 Å². The maximum atomic E-state index is 12.6. The highest BCUT2D eigenvalue weighted by Gasteiger charge is 2.17. The van der Waals surface area contributed by atoms with Crippen molar-refractivity contribution in [3.8, 4) is 6.07 Å². The summed E-state index contributed by atoms with van der Waals surface area (Å²) in [5.74, 6) is 3.14. The van der Waals surface area contributed by atoms with Gasteiger partial charge in [0.25, 0.3) is 5.91 Å². The molecule has 1 aromatic heterocycles. The van der Waals surface area contributed by atoms with Crippen molar-refractivity contribution in [3.05, 3.63) is 76.1 Å². The third-order valence-electron chi connectivity index (χ3n) is 4.60. The topological polar surface area (TPSA) is 90.1 Å². The highest BCUT2D eigenvalue weighted by Crippen LogP contribution is 2.30. The number of fused-ring (bicyclic) bond motifs is 2. The van der Waals surface area contributed by atoms with Crippen molar-refractivity contribution >= 4 is 55.7 Å². The van der Waals surface area contributed by atoms with Gasteiger partial charge in [-0.1, -0.05) is 12.1 Å². The van der Waals surface area contributed by atoms with E-state index in [9.17, 15) is 14.3 Å². The molecular formula is C22H14N4O2S. The van der Waals surface area contributed by atoms with E-state index in [1.807, 2.05) is 6.07 Å². The van der Waals surface area contributed by atoms with E-state index in [4.69, 9.17) is 6.57 Å². The molecule has 3 aromatic rings. The molecule has 0 fully saturated rings. The maximum Gasteiger partial charge on any atom is 0.266 e. The SMILES string of the molecule is [C-]#[N+]c1ccc2[nH]cc(/C=C(\C#N)C(=O)Nc3ccc4c(c3)S(=C)(=O)C=C4)c2c1. The van der Waals surface area contributed by atoms with E-state index in [1.54, 1.807) is 54.1 Å². The number of aromatic amines is 1. The lowest BCUT2D eigenvalue weighted by Crippen LogP contribution is -2.13. The van der Waals surface area contributed by atoms with Crippen LogP contribution in [0.2, 0.25) is 0 Å². The van der Waals surface area contributed by atoms with Crippen LogP contribution in [0.1, 0.15) is 11.1 Å². The van der Waals surface area contributed by atoms with E-state index in [1.165, 1.54) is 6.08 Å². The molecule has 4 rings (SSSR count). The van der Waals surface area contributed by atoms with Gasteiger partial charge in [-0.05, 0) is 64.2 Å². The molecule has 6 nitrogen and oxygen atoms in total. The number of nitrogens with zero attached hydrogens (tertiary/aromatic N) is 2. The first-order valence-electron chi connectivity index (χ1n) is 8.52. The second-order valence-electron chi connectivity index (χ2n) is 6.49. The molecule has 1 unspecified atom stereocenters. The van der Waals surface area contributed by atoms with Crippen molar-refractivity contribution in [3.63, 3.8) is 0 Å². The zero-order chi connectivity index (χ0) is 20.6. The van der Waals surface area contributed by atoms with Crippen molar-refractivity contribution in [1.82, 2.24) is 4.98 Å². The summed E-state index contributed by atoms with van der Waals surface area (Å²) in [4.78, 5) is 19.7. The van der Waals surface area contributed by atoms with Gasteiger partial charge in [-0.3, -0.25) is 9.00 Å². The normalized spacial score (nSPS) is 17.5. The Morgan fingerprint density at radius 3 is 2.90 bits per heavy atom. The summed E-state index contributed by atoms with van der Waals surface area (Å²) in [6, 6.07) is 12.1. The molecule has 0 spiro atoms. The smallest absolute Gasteiger partial charge is 0.266 e. The van der Waals surface area contributed by atoms with E-state index >= 15 is 0 Å². The van der Waals surface area contributed by atoms with Crippen LogP contribution >= 0.6 is 0 Å². The summed E-state index contributed by atoms with van der Waals surface area (Å²) in [5, 5.41) is 14.5. The Bertz CT molecular complexity index is 1430. The van der Waals surface area contributed by atoms with E-state index in [0.29, 0.717) is 21.8 Å². The first-order chi connectivity index (χ1) is 13.9. The molecule has 1 aliphatic rings. The zero-order valence-electron chi connectivity index (χ0n) is 15.1. The Morgan fingerprint density at radius 2 is 2.14 bits per heavy atom. The number of carbonyl (C=O) groups is 1. The van der Waals surface area contributed by atoms with Gasteiger partial charge in [0.1, 0.15) is 11.6 Å². The minimum atomic E-state index is -2.50. The van der Waals surface area contributed by atoms with Crippen LogP contribution in [0.25, 0.3) is 27.9 Å². The van der Waals surface area contributed by atoms with E-state index in [2.05, 4.69) is 21.0 Å². The lowest BCUT2D eigenvalue weighted by molar-refractivity contribution is -0.112. The van der Waals surface area contributed by atoms with Crippen LogP contribution < -0.4 is 5.32 Å². The van der Waals surface area contributed by atoms with E-state index in [-0.39, 0.29) is 5.57 Å². The van der Waals surface area contributed by atoms with Crippen LogP contribution in [0.3, 0.4) is 0 Å². The van der Waals surface area contributed by atoms with Crippen molar-refractivity contribution in [2.45, 2.75) is 4.90 Å². The van der Waals surface area contributed by atoms with Crippen molar-refractivity contribution < 1.29 is 9.00 Å². The highest BCUT2D eigenvalue weighted by atomic mass is 32.2. The average molecular weight is 398 g/mol. The predicted molar refractivity (Wildman–Crippen MR) is 116 cm³/mol. The molecule has 2 aromatic carbocycles. The maximum absolute atomic E-state index is 12.6. The molecule has 0 bridgehead atoms. The number of aromatic nitrogens is 1. The predicted octanol–water partition coefficient (Wildman–Crippen LogP) is 4.32. The summed E-state index contributed by atoms with van der Waals surface area (Å²) in [6.45, 7) is 7.15. The van der Waals surface area contributed by atoms with Crippen molar-refractivity contribution in [2.75, 3.05) is 5.32 Å². The molecule has 7 heteroatoms. The standard InChI is InChI=1S/C22H14N4O2S/c1-24-17-5-6-20-19(10-17)16(13-25-20)9-15(12-23)22(27)26-18-4-3-14-7-8-29(2,28)21(14)11-18/h3-11,13,25H,2H2,(H,26,27)/b15-9+. The minimum absolute atomic E-state index is 0.0897. The van der Waals surface area contributed by atoms with Crippen LogP contribution in [0.15, 0.2) is 58.5 Å². The van der Waals surface area contributed by atoms with E-state index in [0.717, 1.165) is 16.5 Å². The molecule has 1 atom stereocenters. The van der Waals surface area contributed by atoms with Gasteiger partial charge in [-0.25, -0.2) is 4.85 Å². The van der Waals surface area contributed by atoms with Gasteiger partial charge in [0.15, 0.2) is 5.69 Å². The lowest BCUT2D eigenvalue weighted by atomic mass is 10.1. The second-order valence-corrected chi connectivity index (χ2v) is 8.66. The monoisotopic (exact) mass is 398 g/mol. The fraction of sp³-hybridized carbons (Fsp3) is 0. The Kier molecular flexibility index (Phi) is 4.31. The largest absolute Gasteiger partial charge is 0.361 e. The molecule has 0 saturated carbocycles. The molecule has 0 saturated heterocycles. The molecule has 1 aliphatic heterocycles. The lowest BCUT2D eigenvalue weighted by Gasteiger charge is -2.08. The Hall–Kier alpha value is -4.07. The molecule has 1 amide bonds. The van der Waals surface area contributed by atoms with Gasteiger partial charge in [0, 0.05) is 31.8 Å². The first kappa shape index (κ1) is 18.3. The third-order valence-corrected chi connectivity index (χ3v) is 6.28. The molecule has 0 radical (unpaired) electrons. The van der Waals surface area contributed by atoms with Crippen LogP contribution in [-0.4, -0.2) is 21.0 Å². The third kappa shape index (κ3) is 3.31. The second kappa shape index (κ2) is 6.83. The van der Waals surface area contributed by atoms with Crippen LogP contribution in [0.5, 0.6) is 0 Å². The number of benzene rings is 2. The zero-order valence-corrected chi connectivity index (χ0v) is 15.9. The number of anilines is 1. The number of rotatable bonds is 3. The Morgan fingerprint density at radius 1 is 1.31 bits per heavy atom. The number of hydrogen-bond donors (Lipinski definition) is 2. The Balaban J connectivity index is 1.65. The van der Waals surface area contributed by atoms with Gasteiger partial charge >= 0.3 is 0 Å². The van der Waals surface area contributed by atoms with Crippen LogP contribution in [0.4, 0.5) is 11.4 Å². The number of nitriles is 1. The number of carbonyl (C=O) groups excluding carboxylic acids is 1. The van der Waals surface area contributed by atoms with Crippen molar-refractivity contribution in [2.24, 2.45) is 0 Å². The van der Waals surface area contributed by atoms with Gasteiger partial charge in [-0.15, -0.1) is 0 Å². The summed E-state index contributed by atoms with van der Waals surface area (Å²) < 4.78 is 12.4. The fourth-order valence-electron chi connectivity index (χ4n) is 3.13. The Labute approximate surface area is 167 Å². The molecule has 140 valence electrons. The minimum Gasteiger partial charge on any atom is -0.361 e. The molecule has 0 aliphatic carbocycles. The first-order valence-corrected chi connectivity index (χ1v) is 10.3. The van der Waals surface area contributed by atoms with Crippen LogP contribution in [0, 0.1) is 17.9 Å². The number of amides is 1.